The Bertz CT molecular complexity index is 508. The van der Waals surface area contributed by atoms with E-state index in [-0.39, 0.29) is 11.3 Å². The van der Waals surface area contributed by atoms with Gasteiger partial charge in [-0.15, -0.1) is 0 Å². The molecule has 0 aliphatic carbocycles. The average Bonchev–Trinajstić information content (AvgIpc) is 2.51. The number of amides is 1. The van der Waals surface area contributed by atoms with Gasteiger partial charge in [-0.25, -0.2) is 0 Å². The van der Waals surface area contributed by atoms with Gasteiger partial charge >= 0.3 is 0 Å². The number of benzene rings is 1. The second-order valence-corrected chi connectivity index (χ2v) is 6.71. The van der Waals surface area contributed by atoms with Crippen LogP contribution in [-0.4, -0.2) is 37.9 Å². The fourth-order valence-corrected chi connectivity index (χ4v) is 2.16. The van der Waals surface area contributed by atoms with E-state index in [1.165, 1.54) is 0 Å². The van der Waals surface area contributed by atoms with E-state index in [1.807, 2.05) is 39.0 Å². The topological polar surface area (TPSA) is 67.8 Å². The lowest BCUT2D eigenvalue weighted by Gasteiger charge is -2.25. The Labute approximate surface area is 139 Å². The highest BCUT2D eigenvalue weighted by molar-refractivity contribution is 5.76. The Morgan fingerprint density at radius 2 is 1.87 bits per heavy atom. The Kier molecular flexibility index (Phi) is 7.36. The van der Waals surface area contributed by atoms with Crippen LogP contribution in [0.2, 0.25) is 0 Å². The molecule has 23 heavy (non-hydrogen) atoms. The van der Waals surface area contributed by atoms with Gasteiger partial charge in [0.2, 0.25) is 5.91 Å². The Hall–Kier alpha value is -1.75. The van der Waals surface area contributed by atoms with Crippen molar-refractivity contribution in [3.05, 3.63) is 23.8 Å². The normalized spacial score (nSPS) is 12.6. The van der Waals surface area contributed by atoms with Gasteiger partial charge in [0.15, 0.2) is 11.5 Å². The Morgan fingerprint density at radius 3 is 2.43 bits per heavy atom. The molecular weight excluding hydrogens is 294 g/mol. The summed E-state index contributed by atoms with van der Waals surface area (Å²) in [5.74, 6) is 1.33. The number of ether oxygens (including phenoxy) is 2. The third-order valence-corrected chi connectivity index (χ3v) is 3.83. The van der Waals surface area contributed by atoms with Crippen molar-refractivity contribution in [2.45, 2.75) is 46.1 Å². The molecule has 0 unspecified atom stereocenters. The van der Waals surface area contributed by atoms with E-state index in [1.54, 1.807) is 14.2 Å². The fraction of sp³-hybridized carbons (Fsp3) is 0.611. The summed E-state index contributed by atoms with van der Waals surface area (Å²) in [6, 6.07) is 5.65. The largest absolute Gasteiger partial charge is 0.493 e. The Morgan fingerprint density at radius 1 is 1.22 bits per heavy atom. The molecule has 2 N–H and O–H groups in total. The van der Waals surface area contributed by atoms with E-state index in [4.69, 9.17) is 9.47 Å². The summed E-state index contributed by atoms with van der Waals surface area (Å²) in [5, 5.41) is 12.8. The van der Waals surface area contributed by atoms with Crippen molar-refractivity contribution in [1.29, 1.82) is 0 Å². The number of methoxy groups -OCH3 is 2. The molecule has 0 radical (unpaired) electrons. The zero-order valence-electron chi connectivity index (χ0n) is 14.8. The molecule has 1 aromatic rings. The minimum absolute atomic E-state index is 0.0131. The molecule has 1 atom stereocenters. The van der Waals surface area contributed by atoms with Gasteiger partial charge in [0.05, 0.1) is 20.3 Å². The van der Waals surface area contributed by atoms with Crippen molar-refractivity contribution in [2.75, 3.05) is 20.8 Å². The van der Waals surface area contributed by atoms with Crippen LogP contribution in [0.5, 0.6) is 11.5 Å². The molecule has 0 bridgehead atoms. The van der Waals surface area contributed by atoms with E-state index < -0.39 is 6.10 Å². The summed E-state index contributed by atoms with van der Waals surface area (Å²) < 4.78 is 10.4. The summed E-state index contributed by atoms with van der Waals surface area (Å²) in [6.45, 7) is 6.44. The number of hydrogen-bond acceptors (Lipinski definition) is 4. The van der Waals surface area contributed by atoms with E-state index in [9.17, 15) is 9.90 Å². The third kappa shape index (κ3) is 6.48. The quantitative estimate of drug-likeness (QED) is 0.771. The van der Waals surface area contributed by atoms with E-state index in [2.05, 4.69) is 5.32 Å². The van der Waals surface area contributed by atoms with Gasteiger partial charge in [0, 0.05) is 13.0 Å². The van der Waals surface area contributed by atoms with Crippen LogP contribution in [0.15, 0.2) is 18.2 Å². The molecule has 0 saturated heterocycles. The second-order valence-electron chi connectivity index (χ2n) is 6.71. The van der Waals surface area contributed by atoms with Crippen molar-refractivity contribution in [3.8, 4) is 11.5 Å². The zero-order valence-corrected chi connectivity index (χ0v) is 14.8. The number of aliphatic hydroxyl groups is 1. The number of aryl methyl sites for hydroxylation is 1. The summed E-state index contributed by atoms with van der Waals surface area (Å²) in [5.41, 5.74) is 0.859. The first-order valence-electron chi connectivity index (χ1n) is 7.93. The third-order valence-electron chi connectivity index (χ3n) is 3.83. The maximum atomic E-state index is 11.9. The van der Waals surface area contributed by atoms with Gasteiger partial charge < -0.3 is 19.9 Å². The lowest BCUT2D eigenvalue weighted by atomic mass is 9.87. The average molecular weight is 323 g/mol. The maximum Gasteiger partial charge on any atom is 0.220 e. The molecule has 0 aliphatic rings. The molecule has 0 heterocycles. The molecule has 0 aromatic heterocycles. The number of carbonyl (C=O) groups excluding carboxylic acids is 1. The van der Waals surface area contributed by atoms with Crippen LogP contribution in [-0.2, 0) is 11.2 Å². The number of aliphatic hydroxyl groups excluding tert-OH is 1. The molecule has 5 nitrogen and oxygen atoms in total. The highest BCUT2D eigenvalue weighted by atomic mass is 16.5. The molecule has 130 valence electrons. The van der Waals surface area contributed by atoms with Gasteiger partial charge in [0.25, 0.3) is 0 Å². The van der Waals surface area contributed by atoms with E-state index in [0.29, 0.717) is 37.3 Å². The molecular formula is C18H29NO4. The highest BCUT2D eigenvalue weighted by Gasteiger charge is 2.21. The monoisotopic (exact) mass is 323 g/mol. The lowest BCUT2D eigenvalue weighted by molar-refractivity contribution is -0.121. The van der Waals surface area contributed by atoms with Gasteiger partial charge in [-0.2, -0.15) is 0 Å². The fourth-order valence-electron chi connectivity index (χ4n) is 2.16. The molecule has 0 fully saturated rings. The molecule has 1 amide bonds. The van der Waals surface area contributed by atoms with Crippen molar-refractivity contribution in [3.63, 3.8) is 0 Å². The van der Waals surface area contributed by atoms with Crippen LogP contribution in [0.3, 0.4) is 0 Å². The van der Waals surface area contributed by atoms with Crippen molar-refractivity contribution in [1.82, 2.24) is 5.32 Å². The second kappa shape index (κ2) is 8.77. The smallest absolute Gasteiger partial charge is 0.220 e. The number of hydrogen-bond donors (Lipinski definition) is 2. The zero-order chi connectivity index (χ0) is 17.5. The molecule has 5 heteroatoms. The van der Waals surface area contributed by atoms with Crippen molar-refractivity contribution in [2.24, 2.45) is 5.41 Å². The van der Waals surface area contributed by atoms with Crippen LogP contribution >= 0.6 is 0 Å². The summed E-state index contributed by atoms with van der Waals surface area (Å²) in [4.78, 5) is 11.9. The van der Waals surface area contributed by atoms with E-state index in [0.717, 1.165) is 5.56 Å². The SMILES string of the molecule is COc1ccc(CCC(=O)NCC[C@H](O)C(C)(C)C)cc1OC. The van der Waals surface area contributed by atoms with Gasteiger partial charge in [-0.3, -0.25) is 4.79 Å². The van der Waals surface area contributed by atoms with Crippen molar-refractivity contribution < 1.29 is 19.4 Å². The molecule has 1 rings (SSSR count). The van der Waals surface area contributed by atoms with Crippen LogP contribution in [0.4, 0.5) is 0 Å². The number of nitrogens with one attached hydrogen (secondary N) is 1. The van der Waals surface area contributed by atoms with Crippen LogP contribution in [0.25, 0.3) is 0 Å². The minimum Gasteiger partial charge on any atom is -0.493 e. The minimum atomic E-state index is -0.423. The van der Waals surface area contributed by atoms with Gasteiger partial charge in [-0.05, 0) is 36.0 Å². The molecule has 0 spiro atoms. The highest BCUT2D eigenvalue weighted by Crippen LogP contribution is 2.28. The number of carbonyl (C=O) groups is 1. The first-order valence-corrected chi connectivity index (χ1v) is 7.93. The van der Waals surface area contributed by atoms with Crippen LogP contribution < -0.4 is 14.8 Å². The summed E-state index contributed by atoms with van der Waals surface area (Å²) in [7, 11) is 3.19. The van der Waals surface area contributed by atoms with Crippen LogP contribution in [0, 0.1) is 5.41 Å². The molecule has 1 aromatic carbocycles. The standard InChI is InChI=1S/C18H29NO4/c1-18(2,3)16(20)10-11-19-17(21)9-7-13-6-8-14(22-4)15(12-13)23-5/h6,8,12,16,20H,7,9-11H2,1-5H3,(H,19,21)/t16-/m0/s1. The molecule has 0 aliphatic heterocycles. The van der Waals surface area contributed by atoms with Crippen molar-refractivity contribution >= 4 is 5.91 Å². The first-order chi connectivity index (χ1) is 10.8. The predicted molar refractivity (Wildman–Crippen MR) is 91.0 cm³/mol. The van der Waals surface area contributed by atoms with Crippen LogP contribution in [0.1, 0.15) is 39.2 Å². The summed E-state index contributed by atoms with van der Waals surface area (Å²) >= 11 is 0. The first kappa shape index (κ1) is 19.3. The Balaban J connectivity index is 2.39. The summed E-state index contributed by atoms with van der Waals surface area (Å²) in [6.07, 6.45) is 1.18. The number of rotatable bonds is 8. The lowest BCUT2D eigenvalue weighted by Crippen LogP contribution is -2.32. The predicted octanol–water partition coefficient (Wildman–Crippen LogP) is 2.55. The molecule has 0 saturated carbocycles. The van der Waals surface area contributed by atoms with Gasteiger partial charge in [-0.1, -0.05) is 26.8 Å². The van der Waals surface area contributed by atoms with E-state index >= 15 is 0 Å². The maximum absolute atomic E-state index is 11.9. The van der Waals surface area contributed by atoms with Gasteiger partial charge in [0.1, 0.15) is 0 Å².